The van der Waals surface area contributed by atoms with Gasteiger partial charge in [0.15, 0.2) is 0 Å². The molecule has 0 bridgehead atoms. The summed E-state index contributed by atoms with van der Waals surface area (Å²) in [5, 5.41) is 5.59. The Morgan fingerprint density at radius 3 is 2.46 bits per heavy atom. The maximum atomic E-state index is 14.6. The van der Waals surface area contributed by atoms with Crippen molar-refractivity contribution in [1.29, 1.82) is 0 Å². The van der Waals surface area contributed by atoms with E-state index < -0.39 is 75.4 Å². The van der Waals surface area contributed by atoms with Crippen LogP contribution in [0.25, 0.3) is 0 Å². The van der Waals surface area contributed by atoms with Crippen molar-refractivity contribution in [3.8, 4) is 0 Å². The van der Waals surface area contributed by atoms with Crippen molar-refractivity contribution in [2.45, 2.75) is 146 Å². The van der Waals surface area contributed by atoms with Crippen LogP contribution in [0.4, 0.5) is 9.59 Å². The molecule has 6 atom stereocenters. The zero-order valence-corrected chi connectivity index (χ0v) is 35.4. The molecule has 6 aliphatic rings. The molecule has 7 rings (SSSR count). The minimum Gasteiger partial charge on any atom is -0.444 e. The van der Waals surface area contributed by atoms with E-state index in [9.17, 15) is 32.4 Å². The fraction of sp³-hybridized carbons (Fsp3) is 0.690. The quantitative estimate of drug-likeness (QED) is 0.281. The lowest BCUT2D eigenvalue weighted by Crippen LogP contribution is -2.59. The van der Waals surface area contributed by atoms with Crippen LogP contribution in [0.15, 0.2) is 36.4 Å². The summed E-state index contributed by atoms with van der Waals surface area (Å²) in [6, 6.07) is 5.43. The summed E-state index contributed by atoms with van der Waals surface area (Å²) in [7, 11) is -4.19. The molecular formula is C42H61N7O9S. The van der Waals surface area contributed by atoms with Gasteiger partial charge in [-0.05, 0) is 103 Å². The number of alkyl carbamates (subject to hydrolysis) is 1. The summed E-state index contributed by atoms with van der Waals surface area (Å²) in [4.78, 5) is 75.7. The fourth-order valence-electron chi connectivity index (χ4n) is 8.94. The summed E-state index contributed by atoms with van der Waals surface area (Å²) < 4.78 is 42.1. The monoisotopic (exact) mass is 839 g/mol. The number of piperidine rings is 1. The predicted octanol–water partition coefficient (Wildman–Crippen LogP) is 3.58. The third kappa shape index (κ3) is 10.8. The Morgan fingerprint density at radius 2 is 1.71 bits per heavy atom. The first-order valence-electron chi connectivity index (χ1n) is 21.5. The second-order valence-corrected chi connectivity index (χ2v) is 19.6. The van der Waals surface area contributed by atoms with E-state index in [2.05, 4.69) is 37.1 Å². The molecule has 17 heteroatoms. The Labute approximate surface area is 347 Å². The minimum atomic E-state index is -4.19. The first-order valence-corrected chi connectivity index (χ1v) is 23.0. The highest BCUT2D eigenvalue weighted by molar-refractivity contribution is 7.88. The molecule has 1 unspecified atom stereocenters. The van der Waals surface area contributed by atoms with E-state index in [4.69, 9.17) is 9.47 Å². The van der Waals surface area contributed by atoms with Gasteiger partial charge in [0.2, 0.25) is 11.8 Å². The summed E-state index contributed by atoms with van der Waals surface area (Å²) >= 11 is 0. The molecule has 1 aromatic rings. The van der Waals surface area contributed by atoms with Gasteiger partial charge in [0.25, 0.3) is 5.91 Å². The second kappa shape index (κ2) is 17.8. The number of ether oxygens (including phenoxy) is 2. The van der Waals surface area contributed by atoms with Gasteiger partial charge in [0.1, 0.15) is 29.3 Å². The molecule has 324 valence electrons. The Kier molecular flexibility index (Phi) is 12.9. The molecule has 4 fully saturated rings. The average Bonchev–Trinajstić information content (AvgIpc) is 4.08. The maximum Gasteiger partial charge on any atom is 0.410 e. The van der Waals surface area contributed by atoms with Gasteiger partial charge >= 0.3 is 22.4 Å². The first-order chi connectivity index (χ1) is 28.1. The van der Waals surface area contributed by atoms with E-state index in [1.54, 1.807) is 25.7 Å². The highest BCUT2D eigenvalue weighted by Crippen LogP contribution is 2.46. The van der Waals surface area contributed by atoms with Gasteiger partial charge in [-0.15, -0.1) is 0 Å². The smallest absolute Gasteiger partial charge is 0.410 e. The van der Waals surface area contributed by atoms with Gasteiger partial charge in [0, 0.05) is 31.5 Å². The summed E-state index contributed by atoms with van der Waals surface area (Å²) in [6.07, 6.45) is 10.1. The Morgan fingerprint density at radius 1 is 0.966 bits per heavy atom. The molecule has 59 heavy (non-hydrogen) atoms. The molecule has 0 spiro atoms. The van der Waals surface area contributed by atoms with E-state index in [1.165, 1.54) is 16.9 Å². The number of allylic oxidation sites excluding steroid dienone is 1. The third-order valence-corrected chi connectivity index (χ3v) is 13.4. The highest BCUT2D eigenvalue weighted by Gasteiger charge is 2.62. The van der Waals surface area contributed by atoms with Crippen molar-refractivity contribution < 1.29 is 41.9 Å². The number of rotatable bonds is 8. The molecule has 2 saturated carbocycles. The predicted molar refractivity (Wildman–Crippen MR) is 218 cm³/mol. The highest BCUT2D eigenvalue weighted by atomic mass is 32.2. The van der Waals surface area contributed by atoms with Crippen LogP contribution >= 0.6 is 0 Å². The van der Waals surface area contributed by atoms with Crippen molar-refractivity contribution in [3.05, 3.63) is 47.5 Å². The van der Waals surface area contributed by atoms with Crippen LogP contribution in [0.2, 0.25) is 0 Å². The number of fused-ring (bicyclic) bond motifs is 3. The Bertz CT molecular complexity index is 1890. The molecule has 2 saturated heterocycles. The van der Waals surface area contributed by atoms with Crippen LogP contribution in [-0.2, 0) is 40.5 Å². The number of hydrogen-bond acceptors (Lipinski definition) is 10. The number of carbonyl (C=O) groups is 5. The lowest BCUT2D eigenvalue weighted by Gasteiger charge is -2.40. The van der Waals surface area contributed by atoms with E-state index in [1.807, 2.05) is 24.3 Å². The normalized spacial score (nSPS) is 30.0. The summed E-state index contributed by atoms with van der Waals surface area (Å²) in [6.45, 7) is 8.06. The van der Waals surface area contributed by atoms with Crippen LogP contribution in [0.5, 0.6) is 0 Å². The molecule has 4 aliphatic heterocycles. The number of hydrogen-bond donors (Lipinski definition) is 4. The van der Waals surface area contributed by atoms with Crippen LogP contribution in [0, 0.1) is 5.92 Å². The number of nitrogens with one attached hydrogen (secondary N) is 4. The maximum absolute atomic E-state index is 14.6. The SMILES string of the molecule is CC(C)(C)OC(=O)N[C@H]1CCCCC/C=C\[C@@H]2C[C@@]2(C(=O)NS(=O)(=O)NC2CC2)NC(=O)[C@@H]2C[C@@H](OC(=O)N3CCc4ccccc4C3CN3CCCCC3)CN2C1=O. The van der Waals surface area contributed by atoms with Crippen LogP contribution in [-0.4, -0.2) is 121 Å². The third-order valence-electron chi connectivity index (χ3n) is 12.3. The van der Waals surface area contributed by atoms with Crippen molar-refractivity contribution in [2.75, 3.05) is 32.7 Å². The van der Waals surface area contributed by atoms with Crippen LogP contribution in [0.1, 0.15) is 115 Å². The Hall–Kier alpha value is -4.22. The molecule has 0 radical (unpaired) electrons. The number of benzene rings is 1. The molecule has 1 aromatic carbocycles. The fourth-order valence-corrected chi connectivity index (χ4v) is 10.1. The molecule has 2 aliphatic carbocycles. The first kappa shape index (κ1) is 42.9. The minimum absolute atomic E-state index is 0.0660. The van der Waals surface area contributed by atoms with Gasteiger partial charge < -0.3 is 29.9 Å². The lowest BCUT2D eigenvalue weighted by atomic mass is 9.92. The lowest BCUT2D eigenvalue weighted by molar-refractivity contribution is -0.141. The largest absolute Gasteiger partial charge is 0.444 e. The molecular weight excluding hydrogens is 779 g/mol. The molecule has 5 amide bonds. The molecule has 16 nitrogen and oxygen atoms in total. The van der Waals surface area contributed by atoms with Gasteiger partial charge in [-0.1, -0.05) is 55.7 Å². The van der Waals surface area contributed by atoms with E-state index in [-0.39, 0.29) is 37.9 Å². The van der Waals surface area contributed by atoms with Crippen LogP contribution in [0.3, 0.4) is 0 Å². The summed E-state index contributed by atoms with van der Waals surface area (Å²) in [5.74, 6) is -2.57. The zero-order valence-electron chi connectivity index (χ0n) is 34.6. The van der Waals surface area contributed by atoms with E-state index >= 15 is 0 Å². The van der Waals surface area contributed by atoms with Crippen molar-refractivity contribution >= 4 is 40.1 Å². The number of amides is 5. The topological polar surface area (TPSA) is 196 Å². The van der Waals surface area contributed by atoms with Crippen molar-refractivity contribution in [1.82, 2.24) is 34.8 Å². The number of likely N-dealkylation sites (tertiary alicyclic amines) is 1. The average molecular weight is 840 g/mol. The standard InChI is InChI=1S/C42H61N7O9S/c1-41(2,3)58-39(53)43-33-17-9-6-4-5-8-15-29-25-42(29,38(52)46-59(55,56)45-30-18-19-30)44-36(50)34-24-31(26-49(34)37(33)51)57-40(54)48-23-20-28-14-10-11-16-32(28)35(48)27-47-21-12-7-13-22-47/h8,10-11,14-16,29-31,33-35,45H,4-7,9,12-13,17-27H2,1-3H3,(H,43,53)(H,44,50)(H,46,52)/b15-8-/t29-,31-,33+,34+,35?,42-/m1/s1. The second-order valence-electron chi connectivity index (χ2n) is 18.1. The van der Waals surface area contributed by atoms with Gasteiger partial charge in [0.05, 0.1) is 12.6 Å². The van der Waals surface area contributed by atoms with Gasteiger partial charge in [-0.3, -0.25) is 19.3 Å². The van der Waals surface area contributed by atoms with Crippen molar-refractivity contribution in [3.63, 3.8) is 0 Å². The summed E-state index contributed by atoms with van der Waals surface area (Å²) in [5.41, 5.74) is -0.130. The van der Waals surface area contributed by atoms with E-state index in [0.717, 1.165) is 44.3 Å². The van der Waals surface area contributed by atoms with Crippen LogP contribution < -0.4 is 20.1 Å². The molecule has 4 heterocycles. The molecule has 0 aromatic heterocycles. The zero-order chi connectivity index (χ0) is 42.0. The Balaban J connectivity index is 1.14. The van der Waals surface area contributed by atoms with Crippen molar-refractivity contribution in [2.24, 2.45) is 5.92 Å². The van der Waals surface area contributed by atoms with E-state index in [0.29, 0.717) is 45.2 Å². The molecule has 4 N–H and O–H groups in total. The van der Waals surface area contributed by atoms with Gasteiger partial charge in [-0.25, -0.2) is 14.3 Å². The van der Waals surface area contributed by atoms with Gasteiger partial charge in [-0.2, -0.15) is 13.1 Å². The number of carbonyl (C=O) groups excluding carboxylic acids is 5. The number of nitrogens with zero attached hydrogens (tertiary/aromatic N) is 3.